The molecule has 0 unspecified atom stereocenters. The molecular weight excluding hydrogens is 272 g/mol. The van der Waals surface area contributed by atoms with E-state index >= 15 is 0 Å². The van der Waals surface area contributed by atoms with Crippen LogP contribution in [0.4, 0.5) is 10.5 Å². The normalized spacial score (nSPS) is 12.0. The highest BCUT2D eigenvalue weighted by Gasteiger charge is 2.20. The highest BCUT2D eigenvalue weighted by Crippen LogP contribution is 2.25. The van der Waals surface area contributed by atoms with Crippen molar-refractivity contribution < 1.29 is 23.1 Å². The zero-order valence-electron chi connectivity index (χ0n) is 10.8. The van der Waals surface area contributed by atoms with Crippen LogP contribution in [0.25, 0.3) is 0 Å². The molecule has 1 rings (SSSR count). The molecular formula is C11H16N2O5S. The van der Waals surface area contributed by atoms with E-state index in [1.807, 2.05) is 0 Å². The summed E-state index contributed by atoms with van der Waals surface area (Å²) in [6.45, 7) is 5.01. The number of amides is 1. The van der Waals surface area contributed by atoms with Crippen LogP contribution in [0.2, 0.25) is 0 Å². The van der Waals surface area contributed by atoms with Crippen LogP contribution >= 0.6 is 0 Å². The molecule has 1 aromatic carbocycles. The molecule has 0 aliphatic carbocycles. The second-order valence-electron chi connectivity index (χ2n) is 4.85. The monoisotopic (exact) mass is 288 g/mol. The number of hydrogen-bond donors (Lipinski definition) is 3. The van der Waals surface area contributed by atoms with Crippen LogP contribution in [-0.2, 0) is 14.8 Å². The van der Waals surface area contributed by atoms with Gasteiger partial charge in [0, 0.05) is 6.07 Å². The molecule has 0 aliphatic heterocycles. The van der Waals surface area contributed by atoms with Crippen molar-refractivity contribution in [2.24, 2.45) is 5.14 Å². The summed E-state index contributed by atoms with van der Waals surface area (Å²) in [7, 11) is -4.08. The predicted molar refractivity (Wildman–Crippen MR) is 69.3 cm³/mol. The number of carbonyl (C=O) groups excluding carboxylic acids is 1. The van der Waals surface area contributed by atoms with Crippen molar-refractivity contribution >= 4 is 21.8 Å². The molecule has 1 amide bonds. The maximum atomic E-state index is 11.6. The third-order valence-corrected chi connectivity index (χ3v) is 2.86. The molecule has 0 radical (unpaired) electrons. The minimum atomic E-state index is -4.08. The van der Waals surface area contributed by atoms with E-state index in [-0.39, 0.29) is 11.4 Å². The summed E-state index contributed by atoms with van der Waals surface area (Å²) in [6, 6.07) is 3.39. The molecule has 8 heteroatoms. The first-order valence-electron chi connectivity index (χ1n) is 5.35. The van der Waals surface area contributed by atoms with E-state index in [4.69, 9.17) is 9.88 Å². The smallest absolute Gasteiger partial charge is 0.412 e. The topological polar surface area (TPSA) is 119 Å². The van der Waals surface area contributed by atoms with Gasteiger partial charge in [-0.15, -0.1) is 0 Å². The number of nitrogens with one attached hydrogen (secondary N) is 1. The van der Waals surface area contributed by atoms with Gasteiger partial charge < -0.3 is 9.84 Å². The maximum absolute atomic E-state index is 11.6. The molecule has 19 heavy (non-hydrogen) atoms. The van der Waals surface area contributed by atoms with Gasteiger partial charge in [-0.3, -0.25) is 5.32 Å². The van der Waals surface area contributed by atoms with E-state index in [0.717, 1.165) is 6.07 Å². The molecule has 0 spiro atoms. The number of rotatable bonds is 2. The lowest BCUT2D eigenvalue weighted by Gasteiger charge is -2.20. The number of hydrogen-bond acceptors (Lipinski definition) is 5. The summed E-state index contributed by atoms with van der Waals surface area (Å²) in [5.41, 5.74) is -0.780. The van der Waals surface area contributed by atoms with Crippen molar-refractivity contribution in [2.45, 2.75) is 31.3 Å². The number of nitrogens with two attached hydrogens (primary N) is 1. The minimum absolute atomic E-state index is 0.0606. The third kappa shape index (κ3) is 4.76. The van der Waals surface area contributed by atoms with Crippen molar-refractivity contribution in [1.82, 2.24) is 0 Å². The van der Waals surface area contributed by atoms with Gasteiger partial charge in [0.15, 0.2) is 0 Å². The molecule has 1 aromatic rings. The first-order chi connectivity index (χ1) is 8.49. The lowest BCUT2D eigenvalue weighted by atomic mass is 10.2. The Morgan fingerprint density at radius 3 is 2.42 bits per heavy atom. The standard InChI is InChI=1S/C11H16N2O5S/c1-11(2,3)18-10(15)13-8-5-4-7(14)6-9(8)19(12,16)17/h4-6,14H,1-3H3,(H,13,15)(H2,12,16,17). The van der Waals surface area contributed by atoms with E-state index in [2.05, 4.69) is 5.32 Å². The Hall–Kier alpha value is -1.80. The van der Waals surface area contributed by atoms with Crippen molar-refractivity contribution in [1.29, 1.82) is 0 Å². The zero-order valence-corrected chi connectivity index (χ0v) is 11.6. The van der Waals surface area contributed by atoms with Gasteiger partial charge in [0.1, 0.15) is 16.2 Å². The number of phenolic OH excluding ortho intramolecular Hbond substituents is 1. The van der Waals surface area contributed by atoms with Crippen molar-refractivity contribution in [3.8, 4) is 5.75 Å². The first kappa shape index (κ1) is 15.3. The number of aromatic hydroxyl groups is 1. The molecule has 0 atom stereocenters. The van der Waals surface area contributed by atoms with Crippen molar-refractivity contribution in [3.63, 3.8) is 0 Å². The van der Waals surface area contributed by atoms with Crippen molar-refractivity contribution in [3.05, 3.63) is 18.2 Å². The number of phenols is 1. The second-order valence-corrected chi connectivity index (χ2v) is 6.38. The predicted octanol–water partition coefficient (Wildman–Crippen LogP) is 1.39. The van der Waals surface area contributed by atoms with Crippen molar-refractivity contribution in [2.75, 3.05) is 5.32 Å². The average Bonchev–Trinajstić information content (AvgIpc) is 2.16. The number of primary sulfonamides is 1. The van der Waals surface area contributed by atoms with Gasteiger partial charge in [0.2, 0.25) is 10.0 Å². The summed E-state index contributed by atoms with van der Waals surface area (Å²) in [6.07, 6.45) is -0.817. The van der Waals surface area contributed by atoms with Gasteiger partial charge in [-0.25, -0.2) is 18.4 Å². The van der Waals surface area contributed by atoms with E-state index in [1.54, 1.807) is 20.8 Å². The Bertz CT molecular complexity index is 590. The largest absolute Gasteiger partial charge is 0.508 e. The zero-order chi connectivity index (χ0) is 14.8. The van der Waals surface area contributed by atoms with Crippen LogP contribution in [0.3, 0.4) is 0 Å². The lowest BCUT2D eigenvalue weighted by molar-refractivity contribution is 0.0635. The molecule has 0 aliphatic rings. The molecule has 4 N–H and O–H groups in total. The Kier molecular flexibility index (Phi) is 4.06. The fourth-order valence-corrected chi connectivity index (χ4v) is 1.97. The quantitative estimate of drug-likeness (QED) is 0.710. The summed E-state index contributed by atoms with van der Waals surface area (Å²) < 4.78 is 27.7. The van der Waals surface area contributed by atoms with Crippen LogP contribution in [0.1, 0.15) is 20.8 Å². The maximum Gasteiger partial charge on any atom is 0.412 e. The summed E-state index contributed by atoms with van der Waals surface area (Å²) in [4.78, 5) is 11.2. The van der Waals surface area contributed by atoms with Crippen LogP contribution in [-0.4, -0.2) is 25.2 Å². The van der Waals surface area contributed by atoms with E-state index in [9.17, 15) is 18.3 Å². The first-order valence-corrected chi connectivity index (χ1v) is 6.89. The molecule has 0 fully saturated rings. The number of anilines is 1. The number of benzene rings is 1. The van der Waals surface area contributed by atoms with Gasteiger partial charge in [-0.1, -0.05) is 0 Å². The fourth-order valence-electron chi connectivity index (χ4n) is 1.26. The van der Waals surface area contributed by atoms with E-state index < -0.39 is 26.6 Å². The van der Waals surface area contributed by atoms with E-state index in [0.29, 0.717) is 0 Å². The van der Waals surface area contributed by atoms with Crippen LogP contribution in [0.15, 0.2) is 23.1 Å². The molecule has 7 nitrogen and oxygen atoms in total. The Balaban J connectivity index is 3.06. The highest BCUT2D eigenvalue weighted by atomic mass is 32.2. The Labute approximate surface area is 111 Å². The molecule has 0 aromatic heterocycles. The molecule has 0 heterocycles. The fraction of sp³-hybridized carbons (Fsp3) is 0.364. The van der Waals surface area contributed by atoms with Gasteiger partial charge in [0.05, 0.1) is 5.69 Å². The highest BCUT2D eigenvalue weighted by molar-refractivity contribution is 7.89. The second kappa shape index (κ2) is 5.06. The third-order valence-electron chi connectivity index (χ3n) is 1.91. The molecule has 0 saturated carbocycles. The minimum Gasteiger partial charge on any atom is -0.508 e. The van der Waals surface area contributed by atoms with Gasteiger partial charge >= 0.3 is 6.09 Å². The van der Waals surface area contributed by atoms with Gasteiger partial charge in [-0.2, -0.15) is 0 Å². The van der Waals surface area contributed by atoms with Crippen LogP contribution in [0.5, 0.6) is 5.75 Å². The lowest BCUT2D eigenvalue weighted by Crippen LogP contribution is -2.28. The van der Waals surface area contributed by atoms with E-state index in [1.165, 1.54) is 12.1 Å². The SMILES string of the molecule is CC(C)(C)OC(=O)Nc1ccc(O)cc1S(N)(=O)=O. The Morgan fingerprint density at radius 2 is 1.95 bits per heavy atom. The average molecular weight is 288 g/mol. The van der Waals surface area contributed by atoms with Gasteiger partial charge in [-0.05, 0) is 32.9 Å². The summed E-state index contributed by atoms with van der Waals surface area (Å²) in [5.74, 6) is -0.279. The number of ether oxygens (including phenoxy) is 1. The summed E-state index contributed by atoms with van der Waals surface area (Å²) in [5, 5.41) is 16.5. The van der Waals surface area contributed by atoms with Crippen LogP contribution < -0.4 is 10.5 Å². The molecule has 0 bridgehead atoms. The van der Waals surface area contributed by atoms with Gasteiger partial charge in [0.25, 0.3) is 0 Å². The van der Waals surface area contributed by atoms with Crippen LogP contribution in [0, 0.1) is 0 Å². The molecule has 106 valence electrons. The Morgan fingerprint density at radius 1 is 1.37 bits per heavy atom. The molecule has 0 saturated heterocycles. The summed E-state index contributed by atoms with van der Waals surface area (Å²) >= 11 is 0. The number of sulfonamides is 1. The number of carbonyl (C=O) groups is 1.